The normalized spacial score (nSPS) is 18.5. The molecule has 3 rings (SSSR count). The van der Waals surface area contributed by atoms with E-state index in [-0.39, 0.29) is 17.9 Å². The van der Waals surface area contributed by atoms with Gasteiger partial charge in [0.25, 0.3) is 0 Å². The molecule has 27 heavy (non-hydrogen) atoms. The predicted molar refractivity (Wildman–Crippen MR) is 106 cm³/mol. The standard InChI is InChI=1S/C22H31N3O2/c1-4-6-9-17(5-2)22(26)25-15-8-7-10-19(25)21-23-20(24-27-21)18-13-11-16(3)12-14-18/h11-14,17,19H,4-10,15H2,1-3H3. The number of hydrogen-bond acceptors (Lipinski definition) is 4. The fraction of sp³-hybridized carbons (Fsp3) is 0.591. The second kappa shape index (κ2) is 9.16. The van der Waals surface area contributed by atoms with Gasteiger partial charge in [0.05, 0.1) is 0 Å². The van der Waals surface area contributed by atoms with Gasteiger partial charge in [-0.05, 0) is 39.0 Å². The molecule has 2 unspecified atom stereocenters. The zero-order valence-corrected chi connectivity index (χ0v) is 16.8. The molecule has 0 bridgehead atoms. The first-order valence-corrected chi connectivity index (χ1v) is 10.3. The van der Waals surface area contributed by atoms with E-state index in [1.807, 2.05) is 29.2 Å². The topological polar surface area (TPSA) is 59.2 Å². The number of aryl methyl sites for hydroxylation is 1. The minimum Gasteiger partial charge on any atom is -0.337 e. The second-order valence-corrected chi connectivity index (χ2v) is 7.61. The summed E-state index contributed by atoms with van der Waals surface area (Å²) in [5, 5.41) is 4.18. The molecule has 1 saturated heterocycles. The number of amides is 1. The van der Waals surface area contributed by atoms with Crippen LogP contribution in [0.4, 0.5) is 0 Å². The van der Waals surface area contributed by atoms with E-state index in [9.17, 15) is 4.79 Å². The summed E-state index contributed by atoms with van der Waals surface area (Å²) in [6.45, 7) is 7.12. The molecule has 1 aromatic carbocycles. The van der Waals surface area contributed by atoms with E-state index in [0.717, 1.165) is 57.1 Å². The molecule has 0 spiro atoms. The maximum absolute atomic E-state index is 13.2. The highest BCUT2D eigenvalue weighted by molar-refractivity contribution is 5.79. The van der Waals surface area contributed by atoms with E-state index >= 15 is 0 Å². The van der Waals surface area contributed by atoms with Gasteiger partial charge in [-0.2, -0.15) is 4.98 Å². The zero-order chi connectivity index (χ0) is 19.2. The number of likely N-dealkylation sites (tertiary alicyclic amines) is 1. The minimum atomic E-state index is -0.0892. The molecule has 1 aliphatic heterocycles. The third-order valence-corrected chi connectivity index (χ3v) is 5.57. The Morgan fingerprint density at radius 2 is 2.04 bits per heavy atom. The molecule has 0 N–H and O–H groups in total. The van der Waals surface area contributed by atoms with Gasteiger partial charge in [0.1, 0.15) is 6.04 Å². The van der Waals surface area contributed by atoms with Crippen LogP contribution in [0.2, 0.25) is 0 Å². The lowest BCUT2D eigenvalue weighted by molar-refractivity contribution is -0.140. The highest BCUT2D eigenvalue weighted by Gasteiger charge is 2.34. The Labute approximate surface area is 162 Å². The van der Waals surface area contributed by atoms with Crippen LogP contribution in [0.25, 0.3) is 11.4 Å². The number of carbonyl (C=O) groups excluding carboxylic acids is 1. The quantitative estimate of drug-likeness (QED) is 0.663. The molecule has 1 aromatic heterocycles. The van der Waals surface area contributed by atoms with Crippen LogP contribution >= 0.6 is 0 Å². The number of rotatable bonds is 7. The lowest BCUT2D eigenvalue weighted by atomic mass is 9.94. The molecule has 5 heteroatoms. The number of unbranched alkanes of at least 4 members (excludes halogenated alkanes) is 1. The molecule has 0 aliphatic carbocycles. The summed E-state index contributed by atoms with van der Waals surface area (Å²) in [4.78, 5) is 19.8. The average molecular weight is 370 g/mol. The van der Waals surface area contributed by atoms with E-state index in [0.29, 0.717) is 11.7 Å². The van der Waals surface area contributed by atoms with Crippen LogP contribution in [-0.2, 0) is 4.79 Å². The number of nitrogens with zero attached hydrogens (tertiary/aromatic N) is 3. The molecule has 1 aliphatic rings. The van der Waals surface area contributed by atoms with Crippen LogP contribution < -0.4 is 0 Å². The number of aromatic nitrogens is 2. The third-order valence-electron chi connectivity index (χ3n) is 5.57. The molecule has 0 saturated carbocycles. The SMILES string of the molecule is CCCCC(CC)C(=O)N1CCCCC1c1nc(-c2ccc(C)cc2)no1. The fourth-order valence-electron chi connectivity index (χ4n) is 3.83. The largest absolute Gasteiger partial charge is 0.337 e. The van der Waals surface area contributed by atoms with Crippen LogP contribution in [0.5, 0.6) is 0 Å². The van der Waals surface area contributed by atoms with Crippen molar-refractivity contribution in [1.29, 1.82) is 0 Å². The first-order chi connectivity index (χ1) is 13.1. The molecule has 0 radical (unpaired) electrons. The summed E-state index contributed by atoms with van der Waals surface area (Å²) in [6, 6.07) is 8.01. The van der Waals surface area contributed by atoms with Crippen LogP contribution in [-0.4, -0.2) is 27.5 Å². The van der Waals surface area contributed by atoms with Crippen molar-refractivity contribution in [1.82, 2.24) is 15.0 Å². The van der Waals surface area contributed by atoms with Gasteiger partial charge in [-0.1, -0.05) is 61.7 Å². The van der Waals surface area contributed by atoms with Crippen molar-refractivity contribution in [3.05, 3.63) is 35.7 Å². The summed E-state index contributed by atoms with van der Waals surface area (Å²) >= 11 is 0. The second-order valence-electron chi connectivity index (χ2n) is 7.61. The predicted octanol–water partition coefficient (Wildman–Crippen LogP) is 5.32. The first kappa shape index (κ1) is 19.6. The Bertz CT molecular complexity index is 738. The van der Waals surface area contributed by atoms with Crippen LogP contribution in [0.3, 0.4) is 0 Å². The van der Waals surface area contributed by atoms with Gasteiger partial charge in [-0.25, -0.2) is 0 Å². The molecule has 2 heterocycles. The van der Waals surface area contributed by atoms with E-state index in [4.69, 9.17) is 4.52 Å². The number of piperidine rings is 1. The molecular formula is C22H31N3O2. The highest BCUT2D eigenvalue weighted by Crippen LogP contribution is 2.33. The van der Waals surface area contributed by atoms with Gasteiger partial charge in [-0.15, -0.1) is 0 Å². The zero-order valence-electron chi connectivity index (χ0n) is 16.8. The van der Waals surface area contributed by atoms with Crippen molar-refractivity contribution in [2.45, 2.75) is 71.8 Å². The maximum Gasteiger partial charge on any atom is 0.249 e. The smallest absolute Gasteiger partial charge is 0.249 e. The van der Waals surface area contributed by atoms with E-state index in [2.05, 4.69) is 30.9 Å². The van der Waals surface area contributed by atoms with Crippen LogP contribution in [0.1, 0.15) is 76.3 Å². The summed E-state index contributed by atoms with van der Waals surface area (Å²) in [5.74, 6) is 1.53. The Kier molecular flexibility index (Phi) is 6.64. The van der Waals surface area contributed by atoms with Crippen molar-refractivity contribution >= 4 is 5.91 Å². The Morgan fingerprint density at radius 1 is 1.26 bits per heavy atom. The average Bonchev–Trinajstić information content (AvgIpc) is 3.19. The van der Waals surface area contributed by atoms with Gasteiger partial charge in [0, 0.05) is 18.0 Å². The van der Waals surface area contributed by atoms with Crippen LogP contribution in [0, 0.1) is 12.8 Å². The van der Waals surface area contributed by atoms with Crippen molar-refractivity contribution < 1.29 is 9.32 Å². The monoisotopic (exact) mass is 369 g/mol. The van der Waals surface area contributed by atoms with E-state index in [1.54, 1.807) is 0 Å². The van der Waals surface area contributed by atoms with Crippen molar-refractivity contribution in [2.75, 3.05) is 6.54 Å². The molecule has 1 fully saturated rings. The summed E-state index contributed by atoms with van der Waals surface area (Å²) in [6.07, 6.45) is 7.10. The Balaban J connectivity index is 1.79. The number of carbonyl (C=O) groups is 1. The van der Waals surface area contributed by atoms with Crippen molar-refractivity contribution in [2.24, 2.45) is 5.92 Å². The minimum absolute atomic E-state index is 0.0892. The molecular weight excluding hydrogens is 338 g/mol. The van der Waals surface area contributed by atoms with E-state index < -0.39 is 0 Å². The lowest BCUT2D eigenvalue weighted by Gasteiger charge is -2.35. The summed E-state index contributed by atoms with van der Waals surface area (Å²) in [5.41, 5.74) is 2.14. The summed E-state index contributed by atoms with van der Waals surface area (Å²) < 4.78 is 5.61. The maximum atomic E-state index is 13.2. The van der Waals surface area contributed by atoms with Crippen LogP contribution in [0.15, 0.2) is 28.8 Å². The molecule has 2 aromatic rings. The van der Waals surface area contributed by atoms with Gasteiger partial charge < -0.3 is 9.42 Å². The van der Waals surface area contributed by atoms with Gasteiger partial charge >= 0.3 is 0 Å². The molecule has 146 valence electrons. The molecule has 2 atom stereocenters. The first-order valence-electron chi connectivity index (χ1n) is 10.3. The number of hydrogen-bond donors (Lipinski definition) is 0. The molecule has 1 amide bonds. The Morgan fingerprint density at radius 3 is 2.74 bits per heavy atom. The van der Waals surface area contributed by atoms with Crippen molar-refractivity contribution in [3.8, 4) is 11.4 Å². The number of benzene rings is 1. The van der Waals surface area contributed by atoms with Gasteiger partial charge in [-0.3, -0.25) is 4.79 Å². The summed E-state index contributed by atoms with van der Waals surface area (Å²) in [7, 11) is 0. The highest BCUT2D eigenvalue weighted by atomic mass is 16.5. The lowest BCUT2D eigenvalue weighted by Crippen LogP contribution is -2.42. The fourth-order valence-corrected chi connectivity index (χ4v) is 3.83. The van der Waals surface area contributed by atoms with Gasteiger partial charge in [0.15, 0.2) is 0 Å². The van der Waals surface area contributed by atoms with E-state index in [1.165, 1.54) is 5.56 Å². The van der Waals surface area contributed by atoms with Gasteiger partial charge in [0.2, 0.25) is 17.6 Å². The molecule has 5 nitrogen and oxygen atoms in total. The third kappa shape index (κ3) is 4.57. The Hall–Kier alpha value is -2.17. The van der Waals surface area contributed by atoms with Crippen molar-refractivity contribution in [3.63, 3.8) is 0 Å².